The van der Waals surface area contributed by atoms with Crippen molar-refractivity contribution >= 4 is 17.6 Å². The predicted molar refractivity (Wildman–Crippen MR) is 97.7 cm³/mol. The van der Waals surface area contributed by atoms with Crippen LogP contribution in [-0.2, 0) is 6.42 Å². The fraction of sp³-hybridized carbons (Fsp3) is 0.211. The molecule has 4 rings (SSSR count). The summed E-state index contributed by atoms with van der Waals surface area (Å²) in [6, 6.07) is 17.0. The molecule has 0 bridgehead atoms. The van der Waals surface area contributed by atoms with Crippen molar-refractivity contribution in [2.75, 3.05) is 18.1 Å². The second-order valence-corrected chi connectivity index (χ2v) is 6.65. The quantitative estimate of drug-likeness (QED) is 0.718. The lowest BCUT2D eigenvalue weighted by Gasteiger charge is -2.07. The van der Waals surface area contributed by atoms with E-state index in [0.29, 0.717) is 0 Å². The predicted octanol–water partition coefficient (Wildman–Crippen LogP) is 4.54. The number of nitrogens with one attached hydrogen (secondary N) is 1. The van der Waals surface area contributed by atoms with Crippen molar-refractivity contribution in [2.45, 2.75) is 18.2 Å². The topological polar surface area (TPSA) is 29.9 Å². The summed E-state index contributed by atoms with van der Waals surface area (Å²) in [6.45, 7) is 3.10. The molecule has 23 heavy (non-hydrogen) atoms. The van der Waals surface area contributed by atoms with Crippen LogP contribution in [0.25, 0.3) is 16.9 Å². The first-order valence-electron chi connectivity index (χ1n) is 7.84. The third kappa shape index (κ3) is 2.43. The molecule has 1 N–H and O–H groups in total. The Morgan fingerprint density at radius 1 is 1.13 bits per heavy atom. The first-order chi connectivity index (χ1) is 11.3. The molecule has 116 valence electrons. The van der Waals surface area contributed by atoms with Gasteiger partial charge in [-0.2, -0.15) is 5.10 Å². The Bertz CT molecular complexity index is 867. The highest BCUT2D eigenvalue weighted by Gasteiger charge is 2.24. The molecule has 3 aromatic rings. The molecule has 0 aliphatic carbocycles. The minimum absolute atomic E-state index is 0.980. The summed E-state index contributed by atoms with van der Waals surface area (Å²) in [4.78, 5) is 1.27. The van der Waals surface area contributed by atoms with Gasteiger partial charge in [-0.25, -0.2) is 4.68 Å². The maximum absolute atomic E-state index is 4.96. The van der Waals surface area contributed by atoms with Crippen LogP contribution in [0.15, 0.2) is 53.4 Å². The summed E-state index contributed by atoms with van der Waals surface area (Å²) in [7, 11) is 0. The van der Waals surface area contributed by atoms with E-state index in [2.05, 4.69) is 71.7 Å². The molecular formula is C19H19N3S. The Kier molecular flexibility index (Phi) is 3.62. The number of fused-ring (bicyclic) bond motifs is 1. The van der Waals surface area contributed by atoms with E-state index in [4.69, 9.17) is 5.10 Å². The van der Waals surface area contributed by atoms with Gasteiger partial charge < -0.3 is 5.32 Å². The lowest BCUT2D eigenvalue weighted by molar-refractivity contribution is 0.880. The average molecular weight is 321 g/mol. The molecule has 0 saturated carbocycles. The molecule has 4 heteroatoms. The van der Waals surface area contributed by atoms with Crippen LogP contribution < -0.4 is 5.32 Å². The molecule has 1 aliphatic rings. The minimum Gasteiger partial charge on any atom is -0.369 e. The van der Waals surface area contributed by atoms with E-state index < -0.39 is 0 Å². The van der Waals surface area contributed by atoms with Crippen LogP contribution in [-0.4, -0.2) is 22.6 Å². The van der Waals surface area contributed by atoms with Gasteiger partial charge in [-0.1, -0.05) is 30.3 Å². The van der Waals surface area contributed by atoms with Gasteiger partial charge in [-0.3, -0.25) is 0 Å². The van der Waals surface area contributed by atoms with Crippen LogP contribution in [0.2, 0.25) is 0 Å². The average Bonchev–Trinajstić information content (AvgIpc) is 3.17. The number of aryl methyl sites for hydroxylation is 1. The Morgan fingerprint density at radius 2 is 2.00 bits per heavy atom. The third-order valence-corrected chi connectivity index (χ3v) is 5.06. The number of nitrogens with zero attached hydrogens (tertiary/aromatic N) is 2. The standard InChI is InChI=1S/C19H19N3S/c1-13-6-5-7-14(12-13)22-19-16(10-11-20-19)18(21-22)15-8-3-4-9-17(15)23-2/h3-9,12,20H,10-11H2,1-2H3. The van der Waals surface area contributed by atoms with Gasteiger partial charge in [0.15, 0.2) is 0 Å². The third-order valence-electron chi connectivity index (χ3n) is 4.26. The minimum atomic E-state index is 0.980. The molecule has 0 saturated heterocycles. The van der Waals surface area contributed by atoms with Crippen molar-refractivity contribution in [1.82, 2.24) is 9.78 Å². The normalized spacial score (nSPS) is 13.0. The van der Waals surface area contributed by atoms with E-state index in [-0.39, 0.29) is 0 Å². The Balaban J connectivity index is 1.92. The molecule has 1 aliphatic heterocycles. The van der Waals surface area contributed by atoms with Gasteiger partial charge in [-0.15, -0.1) is 11.8 Å². The highest BCUT2D eigenvalue weighted by atomic mass is 32.2. The Hall–Kier alpha value is -2.20. The number of anilines is 1. The van der Waals surface area contributed by atoms with Gasteiger partial charge in [0, 0.05) is 22.6 Å². The van der Waals surface area contributed by atoms with Gasteiger partial charge in [0.25, 0.3) is 0 Å². The smallest absolute Gasteiger partial charge is 0.133 e. The Labute approximate surface area is 140 Å². The highest BCUT2D eigenvalue weighted by Crippen LogP contribution is 2.38. The first-order valence-corrected chi connectivity index (χ1v) is 9.06. The summed E-state index contributed by atoms with van der Waals surface area (Å²) < 4.78 is 2.06. The van der Waals surface area contributed by atoms with Crippen molar-refractivity contribution in [3.8, 4) is 16.9 Å². The van der Waals surface area contributed by atoms with Crippen molar-refractivity contribution in [3.05, 3.63) is 59.7 Å². The van der Waals surface area contributed by atoms with E-state index in [9.17, 15) is 0 Å². The highest BCUT2D eigenvalue weighted by molar-refractivity contribution is 7.98. The molecule has 0 spiro atoms. The number of hydrogen-bond donors (Lipinski definition) is 1. The first kappa shape index (κ1) is 14.4. The van der Waals surface area contributed by atoms with Gasteiger partial charge in [0.05, 0.1) is 11.4 Å². The van der Waals surface area contributed by atoms with E-state index >= 15 is 0 Å². The van der Waals surface area contributed by atoms with Gasteiger partial charge in [0.1, 0.15) is 5.82 Å². The van der Waals surface area contributed by atoms with Crippen molar-refractivity contribution < 1.29 is 0 Å². The van der Waals surface area contributed by atoms with Gasteiger partial charge in [0.2, 0.25) is 0 Å². The van der Waals surface area contributed by atoms with Crippen molar-refractivity contribution in [1.29, 1.82) is 0 Å². The van der Waals surface area contributed by atoms with E-state index in [0.717, 1.165) is 30.2 Å². The number of hydrogen-bond acceptors (Lipinski definition) is 3. The summed E-state index contributed by atoms with van der Waals surface area (Å²) in [5.74, 6) is 1.14. The van der Waals surface area contributed by atoms with E-state index in [1.54, 1.807) is 11.8 Å². The van der Waals surface area contributed by atoms with Gasteiger partial charge >= 0.3 is 0 Å². The zero-order valence-electron chi connectivity index (χ0n) is 13.3. The number of thioether (sulfide) groups is 1. The van der Waals surface area contributed by atoms with Crippen molar-refractivity contribution in [2.24, 2.45) is 0 Å². The fourth-order valence-corrected chi connectivity index (χ4v) is 3.78. The zero-order chi connectivity index (χ0) is 15.8. The molecule has 1 aromatic heterocycles. The Morgan fingerprint density at radius 3 is 2.83 bits per heavy atom. The summed E-state index contributed by atoms with van der Waals surface area (Å²) in [5.41, 5.74) is 6.02. The summed E-state index contributed by atoms with van der Waals surface area (Å²) in [5, 5.41) is 8.47. The number of benzene rings is 2. The molecule has 2 heterocycles. The molecular weight excluding hydrogens is 302 g/mol. The lowest BCUT2D eigenvalue weighted by atomic mass is 10.1. The maximum atomic E-state index is 4.96. The zero-order valence-corrected chi connectivity index (χ0v) is 14.2. The van der Waals surface area contributed by atoms with Crippen LogP contribution in [0.1, 0.15) is 11.1 Å². The van der Waals surface area contributed by atoms with Crippen LogP contribution in [0.5, 0.6) is 0 Å². The molecule has 3 nitrogen and oxygen atoms in total. The molecule has 0 fully saturated rings. The summed E-state index contributed by atoms with van der Waals surface area (Å²) in [6.07, 6.45) is 3.15. The fourth-order valence-electron chi connectivity index (χ4n) is 3.18. The lowest BCUT2D eigenvalue weighted by Crippen LogP contribution is -2.04. The molecule has 0 atom stereocenters. The molecule has 0 radical (unpaired) electrons. The van der Waals surface area contributed by atoms with Crippen molar-refractivity contribution in [3.63, 3.8) is 0 Å². The number of aromatic nitrogens is 2. The second kappa shape index (κ2) is 5.78. The van der Waals surface area contributed by atoms with Crippen LogP contribution in [0.4, 0.5) is 5.82 Å². The van der Waals surface area contributed by atoms with Crippen LogP contribution in [0, 0.1) is 6.92 Å². The molecule has 0 amide bonds. The van der Waals surface area contributed by atoms with E-state index in [1.165, 1.54) is 21.6 Å². The second-order valence-electron chi connectivity index (χ2n) is 5.80. The molecule has 0 unspecified atom stereocenters. The van der Waals surface area contributed by atoms with Crippen LogP contribution >= 0.6 is 11.8 Å². The SMILES string of the molecule is CSc1ccccc1-c1nn(-c2cccc(C)c2)c2c1CCN2. The summed E-state index contributed by atoms with van der Waals surface area (Å²) >= 11 is 1.77. The maximum Gasteiger partial charge on any atom is 0.133 e. The number of rotatable bonds is 3. The largest absolute Gasteiger partial charge is 0.369 e. The van der Waals surface area contributed by atoms with Crippen LogP contribution in [0.3, 0.4) is 0 Å². The van der Waals surface area contributed by atoms with Gasteiger partial charge in [-0.05, 0) is 43.4 Å². The molecule has 2 aromatic carbocycles. The monoisotopic (exact) mass is 321 g/mol. The van der Waals surface area contributed by atoms with E-state index in [1.807, 2.05) is 0 Å².